The third kappa shape index (κ3) is 9.45. The van der Waals surface area contributed by atoms with Gasteiger partial charge >= 0.3 is 5.97 Å². The fourth-order valence-electron chi connectivity index (χ4n) is 4.02. The van der Waals surface area contributed by atoms with Crippen LogP contribution in [0.3, 0.4) is 0 Å². The molecule has 1 heterocycles. The number of esters is 1. The molecule has 1 fully saturated rings. The molecule has 1 aromatic carbocycles. The van der Waals surface area contributed by atoms with E-state index in [0.717, 1.165) is 5.56 Å². The SMILES string of the molecule is CCOC(=O)/C=C/[C@H](C[C@@H]1CCNC1=O)NC(=O)[C@@H](CC(=O)CC(C)C)Cc1ccc(F)cc1. The third-order valence-corrected chi connectivity index (χ3v) is 5.66. The van der Waals surface area contributed by atoms with Gasteiger partial charge in [0.15, 0.2) is 0 Å². The number of ketones is 1. The molecule has 0 spiro atoms. The van der Waals surface area contributed by atoms with Crippen LogP contribution in [0.4, 0.5) is 4.39 Å². The minimum absolute atomic E-state index is 0.0222. The number of benzene rings is 1. The van der Waals surface area contributed by atoms with Gasteiger partial charge in [-0.3, -0.25) is 14.4 Å². The van der Waals surface area contributed by atoms with E-state index in [-0.39, 0.29) is 54.7 Å². The zero-order valence-electron chi connectivity index (χ0n) is 20.1. The number of Topliss-reactive ketones (excluding diaryl/α,β-unsaturated/α-hetero) is 1. The van der Waals surface area contributed by atoms with Crippen molar-refractivity contribution in [2.24, 2.45) is 17.8 Å². The van der Waals surface area contributed by atoms with Crippen LogP contribution in [0.15, 0.2) is 36.4 Å². The summed E-state index contributed by atoms with van der Waals surface area (Å²) in [6.45, 7) is 6.37. The van der Waals surface area contributed by atoms with Crippen LogP contribution in [0.25, 0.3) is 0 Å². The van der Waals surface area contributed by atoms with Gasteiger partial charge in [0.25, 0.3) is 0 Å². The van der Waals surface area contributed by atoms with Crippen LogP contribution in [-0.4, -0.2) is 42.8 Å². The first-order chi connectivity index (χ1) is 16.2. The summed E-state index contributed by atoms with van der Waals surface area (Å²) in [6, 6.07) is 5.27. The maximum Gasteiger partial charge on any atom is 0.330 e. The van der Waals surface area contributed by atoms with Crippen molar-refractivity contribution in [3.8, 4) is 0 Å². The molecule has 3 atom stereocenters. The van der Waals surface area contributed by atoms with Crippen LogP contribution >= 0.6 is 0 Å². The highest BCUT2D eigenvalue weighted by Crippen LogP contribution is 2.20. The van der Waals surface area contributed by atoms with E-state index in [1.165, 1.54) is 24.3 Å². The van der Waals surface area contributed by atoms with Crippen molar-refractivity contribution >= 4 is 23.6 Å². The average molecular weight is 475 g/mol. The first-order valence-corrected chi connectivity index (χ1v) is 11.9. The number of rotatable bonds is 13. The number of halogens is 1. The molecule has 1 saturated heterocycles. The summed E-state index contributed by atoms with van der Waals surface area (Å²) < 4.78 is 18.2. The Balaban J connectivity index is 2.18. The lowest BCUT2D eigenvalue weighted by atomic mass is 9.90. The summed E-state index contributed by atoms with van der Waals surface area (Å²) in [5, 5.41) is 5.69. The van der Waals surface area contributed by atoms with Gasteiger partial charge in [0.2, 0.25) is 11.8 Å². The van der Waals surface area contributed by atoms with Gasteiger partial charge in [0.1, 0.15) is 11.6 Å². The zero-order valence-corrected chi connectivity index (χ0v) is 20.1. The van der Waals surface area contributed by atoms with E-state index in [9.17, 15) is 23.6 Å². The Labute approximate surface area is 200 Å². The molecule has 186 valence electrons. The van der Waals surface area contributed by atoms with E-state index >= 15 is 0 Å². The second kappa shape index (κ2) is 13.6. The Kier molecular flexibility index (Phi) is 10.9. The van der Waals surface area contributed by atoms with Gasteiger partial charge in [0.05, 0.1) is 6.61 Å². The highest BCUT2D eigenvalue weighted by molar-refractivity contribution is 5.88. The lowest BCUT2D eigenvalue weighted by Crippen LogP contribution is -2.41. The van der Waals surface area contributed by atoms with Gasteiger partial charge in [-0.15, -0.1) is 0 Å². The number of amides is 2. The Hall–Kier alpha value is -3.03. The Bertz CT molecular complexity index is 882. The van der Waals surface area contributed by atoms with Gasteiger partial charge in [-0.1, -0.05) is 32.1 Å². The molecule has 34 heavy (non-hydrogen) atoms. The maximum absolute atomic E-state index is 13.3. The lowest BCUT2D eigenvalue weighted by Gasteiger charge is -2.22. The fraction of sp³-hybridized carbons (Fsp3) is 0.538. The summed E-state index contributed by atoms with van der Waals surface area (Å²) in [5.41, 5.74) is 0.743. The van der Waals surface area contributed by atoms with Crippen molar-refractivity contribution in [3.63, 3.8) is 0 Å². The minimum atomic E-state index is -0.660. The van der Waals surface area contributed by atoms with Crippen LogP contribution in [0, 0.1) is 23.6 Å². The van der Waals surface area contributed by atoms with Crippen molar-refractivity contribution in [1.82, 2.24) is 10.6 Å². The molecule has 2 N–H and O–H groups in total. The maximum atomic E-state index is 13.3. The molecule has 8 heteroatoms. The van der Waals surface area contributed by atoms with Gasteiger partial charge < -0.3 is 15.4 Å². The minimum Gasteiger partial charge on any atom is -0.463 e. The van der Waals surface area contributed by atoms with Crippen LogP contribution in [-0.2, 0) is 30.3 Å². The smallest absolute Gasteiger partial charge is 0.330 e. The number of carbonyl (C=O) groups excluding carboxylic acids is 4. The molecule has 0 saturated carbocycles. The largest absolute Gasteiger partial charge is 0.463 e. The number of nitrogens with one attached hydrogen (secondary N) is 2. The normalized spacial score (nSPS) is 17.4. The molecule has 0 radical (unpaired) electrons. The van der Waals surface area contributed by atoms with E-state index < -0.39 is 17.9 Å². The van der Waals surface area contributed by atoms with E-state index in [0.29, 0.717) is 25.8 Å². The highest BCUT2D eigenvalue weighted by Gasteiger charge is 2.29. The summed E-state index contributed by atoms with van der Waals surface area (Å²) in [7, 11) is 0. The van der Waals surface area contributed by atoms with Crippen molar-refractivity contribution in [3.05, 3.63) is 47.8 Å². The van der Waals surface area contributed by atoms with Gasteiger partial charge in [-0.05, 0) is 49.8 Å². The lowest BCUT2D eigenvalue weighted by molar-refractivity contribution is -0.137. The topological polar surface area (TPSA) is 102 Å². The molecular weight excluding hydrogens is 439 g/mol. The number of ether oxygens (including phenoxy) is 1. The molecule has 0 unspecified atom stereocenters. The number of carbonyl (C=O) groups is 4. The van der Waals surface area contributed by atoms with Crippen LogP contribution in [0.2, 0.25) is 0 Å². The number of hydrogen-bond acceptors (Lipinski definition) is 5. The van der Waals surface area contributed by atoms with E-state index in [4.69, 9.17) is 4.74 Å². The van der Waals surface area contributed by atoms with E-state index in [1.807, 2.05) is 13.8 Å². The average Bonchev–Trinajstić information content (AvgIpc) is 3.17. The van der Waals surface area contributed by atoms with Crippen LogP contribution in [0.5, 0.6) is 0 Å². The molecule has 7 nitrogen and oxygen atoms in total. The van der Waals surface area contributed by atoms with E-state index in [1.54, 1.807) is 19.1 Å². The van der Waals surface area contributed by atoms with Gasteiger partial charge in [-0.2, -0.15) is 0 Å². The first kappa shape index (κ1) is 27.2. The zero-order chi connectivity index (χ0) is 25.1. The molecule has 0 aliphatic carbocycles. The molecule has 2 rings (SSSR count). The molecule has 0 aromatic heterocycles. The number of hydrogen-bond donors (Lipinski definition) is 2. The van der Waals surface area contributed by atoms with Crippen molar-refractivity contribution in [2.75, 3.05) is 13.2 Å². The second-order valence-corrected chi connectivity index (χ2v) is 9.11. The van der Waals surface area contributed by atoms with Gasteiger partial charge in [-0.25, -0.2) is 9.18 Å². The van der Waals surface area contributed by atoms with E-state index in [2.05, 4.69) is 10.6 Å². The van der Waals surface area contributed by atoms with Crippen LogP contribution < -0.4 is 10.6 Å². The summed E-state index contributed by atoms with van der Waals surface area (Å²) in [5.74, 6) is -2.14. The Morgan fingerprint density at radius 3 is 2.50 bits per heavy atom. The molecule has 0 bridgehead atoms. The predicted octanol–water partition coefficient (Wildman–Crippen LogP) is 3.12. The summed E-state index contributed by atoms with van der Waals surface area (Å²) in [6.07, 6.45) is 4.45. The third-order valence-electron chi connectivity index (χ3n) is 5.66. The standard InChI is InChI=1S/C26H35FN2O5/c1-4-34-24(31)10-9-22(15-19-11-12-28-25(19)32)29-26(33)20(16-23(30)13-17(2)3)14-18-5-7-21(27)8-6-18/h5-10,17,19-20,22H,4,11-16H2,1-3H3,(H,28,32)(H,29,33)/b10-9+/t19-,20+,22+/m0/s1. The Morgan fingerprint density at radius 1 is 1.21 bits per heavy atom. The first-order valence-electron chi connectivity index (χ1n) is 11.9. The fourth-order valence-corrected chi connectivity index (χ4v) is 4.02. The summed E-state index contributed by atoms with van der Waals surface area (Å²) >= 11 is 0. The Morgan fingerprint density at radius 2 is 1.91 bits per heavy atom. The predicted molar refractivity (Wildman–Crippen MR) is 126 cm³/mol. The highest BCUT2D eigenvalue weighted by atomic mass is 19.1. The monoisotopic (exact) mass is 474 g/mol. The molecule has 2 amide bonds. The quantitative estimate of drug-likeness (QED) is 0.338. The summed E-state index contributed by atoms with van der Waals surface area (Å²) in [4.78, 5) is 49.7. The second-order valence-electron chi connectivity index (χ2n) is 9.11. The van der Waals surface area contributed by atoms with Crippen molar-refractivity contribution < 1.29 is 28.3 Å². The van der Waals surface area contributed by atoms with Gasteiger partial charge in [0, 0.05) is 43.3 Å². The van der Waals surface area contributed by atoms with Crippen molar-refractivity contribution in [1.29, 1.82) is 0 Å². The molecule has 1 aliphatic rings. The van der Waals surface area contributed by atoms with Crippen LogP contribution in [0.1, 0.15) is 52.0 Å². The molecular formula is C26H35FN2O5. The molecule has 1 aliphatic heterocycles. The van der Waals surface area contributed by atoms with Crippen molar-refractivity contribution in [2.45, 2.75) is 58.9 Å². The molecule has 1 aromatic rings.